The molecule has 0 spiro atoms. The van der Waals surface area contributed by atoms with Gasteiger partial charge in [-0.25, -0.2) is 8.78 Å². The summed E-state index contributed by atoms with van der Waals surface area (Å²) >= 11 is 0. The van der Waals surface area contributed by atoms with Crippen molar-refractivity contribution >= 4 is 11.5 Å². The fourth-order valence-corrected chi connectivity index (χ4v) is 2.07. The molecule has 1 aromatic rings. The van der Waals surface area contributed by atoms with Crippen molar-refractivity contribution in [2.45, 2.75) is 26.2 Å². The number of anilines is 1. The highest BCUT2D eigenvalue weighted by atomic mass is 19.2. The Morgan fingerprint density at radius 3 is 2.83 bits per heavy atom. The van der Waals surface area contributed by atoms with Gasteiger partial charge in [-0.05, 0) is 31.4 Å². The second kappa shape index (κ2) is 5.29. The van der Waals surface area contributed by atoms with E-state index in [4.69, 9.17) is 0 Å². The number of Topliss-reactive ketones (excluding diaryl/α,β-unsaturated/α-hetero) is 1. The molecule has 0 unspecified atom stereocenters. The smallest absolute Gasteiger partial charge is 0.163 e. The average molecular weight is 251 g/mol. The van der Waals surface area contributed by atoms with E-state index in [1.165, 1.54) is 6.07 Å². The topological polar surface area (TPSA) is 29.1 Å². The van der Waals surface area contributed by atoms with Gasteiger partial charge >= 0.3 is 0 Å². The SMILES string of the molecule is C[C@@H]1CCC/C(=C/Nc2ccc(F)c(F)c2)C1=O. The van der Waals surface area contributed by atoms with Crippen molar-refractivity contribution in [1.82, 2.24) is 0 Å². The number of halogens is 2. The monoisotopic (exact) mass is 251 g/mol. The summed E-state index contributed by atoms with van der Waals surface area (Å²) in [7, 11) is 0. The van der Waals surface area contributed by atoms with Crippen molar-refractivity contribution in [3.8, 4) is 0 Å². The van der Waals surface area contributed by atoms with Crippen molar-refractivity contribution < 1.29 is 13.6 Å². The first-order chi connectivity index (χ1) is 8.58. The standard InChI is InChI=1S/C14H15F2NO/c1-9-3-2-4-10(14(9)18)8-17-11-5-6-12(15)13(16)7-11/h5-9,17H,2-4H2,1H3/b10-8-/t9-/m1/s1. The summed E-state index contributed by atoms with van der Waals surface area (Å²) < 4.78 is 25.7. The van der Waals surface area contributed by atoms with Gasteiger partial charge in [-0.3, -0.25) is 4.79 Å². The van der Waals surface area contributed by atoms with Crippen molar-refractivity contribution in [3.63, 3.8) is 0 Å². The van der Waals surface area contributed by atoms with E-state index in [0.717, 1.165) is 37.0 Å². The highest BCUT2D eigenvalue weighted by molar-refractivity contribution is 5.97. The minimum Gasteiger partial charge on any atom is -0.361 e. The molecular formula is C14H15F2NO. The van der Waals surface area contributed by atoms with E-state index >= 15 is 0 Å². The molecular weight excluding hydrogens is 236 g/mol. The number of hydrogen-bond donors (Lipinski definition) is 1. The van der Waals surface area contributed by atoms with Crippen LogP contribution in [-0.4, -0.2) is 5.78 Å². The Labute approximate surface area is 105 Å². The molecule has 4 heteroatoms. The third-order valence-electron chi connectivity index (χ3n) is 3.18. The molecule has 1 aliphatic carbocycles. The molecule has 1 fully saturated rings. The second-order valence-electron chi connectivity index (χ2n) is 4.60. The van der Waals surface area contributed by atoms with E-state index in [1.54, 1.807) is 6.20 Å². The maximum atomic E-state index is 13.0. The molecule has 0 aromatic heterocycles. The number of nitrogens with one attached hydrogen (secondary N) is 1. The van der Waals surface area contributed by atoms with Gasteiger partial charge in [0.25, 0.3) is 0 Å². The molecule has 2 rings (SSSR count). The molecule has 1 aromatic carbocycles. The lowest BCUT2D eigenvalue weighted by atomic mass is 9.86. The predicted octanol–water partition coefficient (Wildman–Crippen LogP) is 3.65. The lowest BCUT2D eigenvalue weighted by molar-refractivity contribution is -0.119. The minimum atomic E-state index is -0.901. The average Bonchev–Trinajstić information content (AvgIpc) is 2.35. The highest BCUT2D eigenvalue weighted by Crippen LogP contribution is 2.25. The lowest BCUT2D eigenvalue weighted by Gasteiger charge is -2.19. The van der Waals surface area contributed by atoms with Gasteiger partial charge in [0.1, 0.15) is 0 Å². The first-order valence-electron chi connectivity index (χ1n) is 6.03. The number of allylic oxidation sites excluding steroid dienone is 1. The number of hydrogen-bond acceptors (Lipinski definition) is 2. The first kappa shape index (κ1) is 12.7. The summed E-state index contributed by atoms with van der Waals surface area (Å²) in [5, 5.41) is 2.84. The third-order valence-corrected chi connectivity index (χ3v) is 3.18. The van der Waals surface area contributed by atoms with Gasteiger partial charge in [0.05, 0.1) is 0 Å². The number of benzene rings is 1. The van der Waals surface area contributed by atoms with Crippen LogP contribution in [0.3, 0.4) is 0 Å². The summed E-state index contributed by atoms with van der Waals surface area (Å²) in [6.45, 7) is 1.91. The van der Waals surface area contributed by atoms with E-state index in [2.05, 4.69) is 5.32 Å². The summed E-state index contributed by atoms with van der Waals surface area (Å²) in [4.78, 5) is 11.8. The molecule has 0 radical (unpaired) electrons. The molecule has 96 valence electrons. The molecule has 0 amide bonds. The van der Waals surface area contributed by atoms with E-state index in [9.17, 15) is 13.6 Å². The Hall–Kier alpha value is -1.71. The molecule has 0 aliphatic heterocycles. The zero-order chi connectivity index (χ0) is 13.1. The van der Waals surface area contributed by atoms with E-state index < -0.39 is 11.6 Å². The molecule has 0 saturated heterocycles. The summed E-state index contributed by atoms with van der Waals surface area (Å²) in [6.07, 6.45) is 4.24. The van der Waals surface area contributed by atoms with Crippen LogP contribution in [-0.2, 0) is 4.79 Å². The second-order valence-corrected chi connectivity index (χ2v) is 4.60. The first-order valence-corrected chi connectivity index (χ1v) is 6.03. The van der Waals surface area contributed by atoms with Crippen molar-refractivity contribution in [1.29, 1.82) is 0 Å². The van der Waals surface area contributed by atoms with E-state index in [-0.39, 0.29) is 11.7 Å². The zero-order valence-electron chi connectivity index (χ0n) is 10.2. The normalized spacial score (nSPS) is 22.3. The zero-order valence-corrected chi connectivity index (χ0v) is 10.2. The Kier molecular flexibility index (Phi) is 3.75. The van der Waals surface area contributed by atoms with Crippen molar-refractivity contribution in [3.05, 3.63) is 41.6 Å². The Balaban J connectivity index is 2.09. The van der Waals surface area contributed by atoms with Crippen LogP contribution in [0.1, 0.15) is 26.2 Å². The van der Waals surface area contributed by atoms with Crippen LogP contribution >= 0.6 is 0 Å². The van der Waals surface area contributed by atoms with Gasteiger partial charge in [-0.15, -0.1) is 0 Å². The van der Waals surface area contributed by atoms with Gasteiger partial charge in [-0.2, -0.15) is 0 Å². The largest absolute Gasteiger partial charge is 0.361 e. The van der Waals surface area contributed by atoms with Crippen LogP contribution in [0.5, 0.6) is 0 Å². The molecule has 2 nitrogen and oxygen atoms in total. The van der Waals surface area contributed by atoms with Crippen LogP contribution in [0.25, 0.3) is 0 Å². The Bertz CT molecular complexity index is 497. The predicted molar refractivity (Wildman–Crippen MR) is 66.1 cm³/mol. The molecule has 1 N–H and O–H groups in total. The van der Waals surface area contributed by atoms with Gasteiger partial charge < -0.3 is 5.32 Å². The summed E-state index contributed by atoms with van der Waals surface area (Å²) in [6, 6.07) is 3.57. The molecule has 1 atom stereocenters. The van der Waals surface area contributed by atoms with Crippen LogP contribution < -0.4 is 5.32 Å². The Morgan fingerprint density at radius 1 is 1.33 bits per heavy atom. The van der Waals surface area contributed by atoms with E-state index in [0.29, 0.717) is 5.69 Å². The van der Waals surface area contributed by atoms with Gasteiger partial charge in [-0.1, -0.05) is 6.92 Å². The maximum Gasteiger partial charge on any atom is 0.163 e. The van der Waals surface area contributed by atoms with Gasteiger partial charge in [0.15, 0.2) is 17.4 Å². The molecule has 1 saturated carbocycles. The number of carbonyl (C=O) groups excluding carboxylic acids is 1. The maximum absolute atomic E-state index is 13.0. The number of rotatable bonds is 2. The van der Waals surface area contributed by atoms with Crippen LogP contribution in [0.4, 0.5) is 14.5 Å². The molecule has 1 aliphatic rings. The molecule has 0 heterocycles. The van der Waals surface area contributed by atoms with Crippen LogP contribution in [0, 0.1) is 17.6 Å². The van der Waals surface area contributed by atoms with Crippen LogP contribution in [0.2, 0.25) is 0 Å². The molecule has 18 heavy (non-hydrogen) atoms. The third kappa shape index (κ3) is 2.75. The van der Waals surface area contributed by atoms with Gasteiger partial charge in [0, 0.05) is 29.4 Å². The summed E-state index contributed by atoms with van der Waals surface area (Å²) in [5.74, 6) is -1.59. The lowest BCUT2D eigenvalue weighted by Crippen LogP contribution is -2.19. The Morgan fingerprint density at radius 2 is 2.11 bits per heavy atom. The molecule has 0 bridgehead atoms. The fourth-order valence-electron chi connectivity index (χ4n) is 2.07. The van der Waals surface area contributed by atoms with Crippen molar-refractivity contribution in [2.24, 2.45) is 5.92 Å². The van der Waals surface area contributed by atoms with Crippen LogP contribution in [0.15, 0.2) is 30.0 Å². The number of carbonyl (C=O) groups is 1. The quantitative estimate of drug-likeness (QED) is 0.813. The van der Waals surface area contributed by atoms with Gasteiger partial charge in [0.2, 0.25) is 0 Å². The summed E-state index contributed by atoms with van der Waals surface area (Å²) in [5.41, 5.74) is 1.16. The van der Waals surface area contributed by atoms with E-state index in [1.807, 2.05) is 6.92 Å². The van der Waals surface area contributed by atoms with Crippen molar-refractivity contribution in [2.75, 3.05) is 5.32 Å². The minimum absolute atomic E-state index is 0.0525. The highest BCUT2D eigenvalue weighted by Gasteiger charge is 2.22. The number of ketones is 1. The fraction of sp³-hybridized carbons (Fsp3) is 0.357.